The van der Waals surface area contributed by atoms with Crippen LogP contribution in [0.3, 0.4) is 0 Å². The fraction of sp³-hybridized carbons (Fsp3) is 0.538. The normalized spacial score (nSPS) is 15.9. The summed E-state index contributed by atoms with van der Waals surface area (Å²) < 4.78 is 7.69. The average molecular weight is 476 g/mol. The first-order chi connectivity index (χ1) is 14.8. The zero-order valence-corrected chi connectivity index (χ0v) is 22.5. The summed E-state index contributed by atoms with van der Waals surface area (Å²) in [6.07, 6.45) is 0.849. The van der Waals surface area contributed by atoms with Gasteiger partial charge >= 0.3 is 0 Å². The quantitative estimate of drug-likeness (QED) is 0.453. The summed E-state index contributed by atoms with van der Waals surface area (Å²) in [7, 11) is -2.27. The second-order valence-corrected chi connectivity index (χ2v) is 12.9. The van der Waals surface area contributed by atoms with Gasteiger partial charge in [-0.05, 0) is 77.1 Å². The summed E-state index contributed by atoms with van der Waals surface area (Å²) in [4.78, 5) is 23.0. The van der Waals surface area contributed by atoms with Crippen LogP contribution in [-0.2, 0) is 22.0 Å². The van der Waals surface area contributed by atoms with Gasteiger partial charge in [0.1, 0.15) is 0 Å². The zero-order valence-electron chi connectivity index (χ0n) is 20.7. The fourth-order valence-corrected chi connectivity index (χ4v) is 5.87. The number of nitrogens with zero attached hydrogens (tertiary/aromatic N) is 1. The molecule has 0 aromatic heterocycles. The van der Waals surface area contributed by atoms with Gasteiger partial charge in [0.15, 0.2) is 0 Å². The van der Waals surface area contributed by atoms with Crippen LogP contribution in [0.4, 0.5) is 5.69 Å². The van der Waals surface area contributed by atoms with Crippen molar-refractivity contribution in [1.29, 1.82) is 0 Å². The lowest BCUT2D eigenvalue weighted by atomic mass is 9.82. The van der Waals surface area contributed by atoms with E-state index >= 15 is 0 Å². The van der Waals surface area contributed by atoms with Gasteiger partial charge in [-0.3, -0.25) is 0 Å². The molecule has 0 radical (unpaired) electrons. The van der Waals surface area contributed by atoms with Gasteiger partial charge < -0.3 is 19.2 Å². The van der Waals surface area contributed by atoms with Crippen molar-refractivity contribution in [2.24, 2.45) is 0 Å². The number of hydrogen-bond acceptors (Lipinski definition) is 5. The van der Waals surface area contributed by atoms with E-state index in [9.17, 15) is 9.79 Å². The highest BCUT2D eigenvalue weighted by Gasteiger charge is 2.27. The van der Waals surface area contributed by atoms with Gasteiger partial charge in [-0.25, -0.2) is 0 Å². The second-order valence-electron chi connectivity index (χ2n) is 10.8. The topological polar surface area (TPSA) is 52.9 Å². The van der Waals surface area contributed by atoms with Crippen LogP contribution in [0.2, 0.25) is 0 Å². The lowest BCUT2D eigenvalue weighted by Gasteiger charge is -2.32. The number of aryl methyl sites for hydroxylation is 2. The van der Waals surface area contributed by atoms with Crippen LogP contribution in [0.25, 0.3) is 0 Å². The second kappa shape index (κ2) is 9.64. The lowest BCUT2D eigenvalue weighted by Crippen LogP contribution is -2.26. The molecule has 0 spiro atoms. The van der Waals surface area contributed by atoms with Crippen molar-refractivity contribution in [2.75, 3.05) is 24.4 Å². The molecule has 0 saturated heterocycles. The van der Waals surface area contributed by atoms with E-state index in [1.54, 1.807) is 4.67 Å². The van der Waals surface area contributed by atoms with E-state index in [0.717, 1.165) is 23.2 Å². The molecule has 2 N–H and O–H groups in total. The first-order valence-electron chi connectivity index (χ1n) is 11.3. The molecule has 3 aliphatic heterocycles. The SMILES string of the molecule is Cc1cc2c(C(C)(C)C)cc1Sc1cc(C(C)(C)C)c(cc1C)N(P(O)O)CCOCC2. The predicted molar refractivity (Wildman–Crippen MR) is 137 cm³/mol. The highest BCUT2D eigenvalue weighted by molar-refractivity contribution is 7.99. The molecular formula is C26H38NO3PS. The Bertz CT molecular complexity index is 977. The van der Waals surface area contributed by atoms with Gasteiger partial charge in [0.2, 0.25) is 0 Å². The van der Waals surface area contributed by atoms with Gasteiger partial charge in [-0.1, -0.05) is 59.4 Å². The minimum Gasteiger partial charge on any atom is -0.379 e. The molecule has 32 heavy (non-hydrogen) atoms. The molecule has 3 heterocycles. The molecule has 0 fully saturated rings. The van der Waals surface area contributed by atoms with Crippen LogP contribution >= 0.6 is 20.3 Å². The Hall–Kier alpha value is -1.10. The minimum atomic E-state index is -2.27. The molecular weight excluding hydrogens is 437 g/mol. The number of ether oxygens (including phenoxy) is 1. The van der Waals surface area contributed by atoms with Crippen LogP contribution in [0.1, 0.15) is 69.4 Å². The van der Waals surface area contributed by atoms with Crippen molar-refractivity contribution in [3.63, 3.8) is 0 Å². The first-order valence-corrected chi connectivity index (χ1v) is 13.3. The van der Waals surface area contributed by atoms with Crippen LogP contribution in [-0.4, -0.2) is 29.5 Å². The van der Waals surface area contributed by atoms with E-state index in [1.165, 1.54) is 26.5 Å². The lowest BCUT2D eigenvalue weighted by molar-refractivity contribution is 0.144. The maximum atomic E-state index is 10.2. The molecule has 2 aromatic carbocycles. The molecule has 4 nitrogen and oxygen atoms in total. The Morgan fingerprint density at radius 3 is 1.97 bits per heavy atom. The molecule has 0 unspecified atom stereocenters. The molecule has 4 bridgehead atoms. The molecule has 2 aromatic rings. The van der Waals surface area contributed by atoms with Crippen LogP contribution in [0, 0.1) is 13.8 Å². The van der Waals surface area contributed by atoms with Gasteiger partial charge in [-0.2, -0.15) is 0 Å². The summed E-state index contributed by atoms with van der Waals surface area (Å²) in [6.45, 7) is 19.1. The van der Waals surface area contributed by atoms with E-state index in [1.807, 2.05) is 11.8 Å². The van der Waals surface area contributed by atoms with E-state index in [-0.39, 0.29) is 10.8 Å². The number of anilines is 1. The highest BCUT2D eigenvalue weighted by atomic mass is 32.2. The van der Waals surface area contributed by atoms with Crippen molar-refractivity contribution in [2.45, 2.75) is 82.4 Å². The Kier molecular flexibility index (Phi) is 7.69. The number of benzene rings is 2. The Morgan fingerprint density at radius 2 is 1.41 bits per heavy atom. The third kappa shape index (κ3) is 5.69. The molecule has 3 aliphatic rings. The fourth-order valence-electron chi connectivity index (χ4n) is 4.22. The number of fused-ring (bicyclic) bond motifs is 2. The maximum absolute atomic E-state index is 10.2. The number of rotatable bonds is 1. The van der Waals surface area contributed by atoms with Gasteiger partial charge in [0.25, 0.3) is 8.53 Å². The van der Waals surface area contributed by atoms with Crippen LogP contribution in [0.15, 0.2) is 34.1 Å². The molecule has 0 atom stereocenters. The molecule has 5 rings (SSSR count). The van der Waals surface area contributed by atoms with Crippen molar-refractivity contribution in [3.05, 3.63) is 52.1 Å². The predicted octanol–water partition coefficient (Wildman–Crippen LogP) is 6.64. The third-order valence-corrected chi connectivity index (χ3v) is 8.15. The summed E-state index contributed by atoms with van der Waals surface area (Å²) in [5, 5.41) is 0. The van der Waals surface area contributed by atoms with E-state index < -0.39 is 8.53 Å². The maximum Gasteiger partial charge on any atom is 0.284 e. The molecule has 0 saturated carbocycles. The largest absolute Gasteiger partial charge is 0.379 e. The smallest absolute Gasteiger partial charge is 0.284 e. The van der Waals surface area contributed by atoms with Crippen molar-refractivity contribution in [1.82, 2.24) is 0 Å². The summed E-state index contributed by atoms with van der Waals surface area (Å²) in [5.41, 5.74) is 7.01. The van der Waals surface area contributed by atoms with Gasteiger partial charge in [0, 0.05) is 22.0 Å². The van der Waals surface area contributed by atoms with Crippen molar-refractivity contribution in [3.8, 4) is 0 Å². The minimum absolute atomic E-state index is 0.0438. The molecule has 6 heteroatoms. The molecule has 176 valence electrons. The van der Waals surface area contributed by atoms with Gasteiger partial charge in [-0.15, -0.1) is 0 Å². The summed E-state index contributed by atoms with van der Waals surface area (Å²) in [6, 6.07) is 9.05. The Morgan fingerprint density at radius 1 is 0.844 bits per heavy atom. The monoisotopic (exact) mass is 475 g/mol. The molecule has 0 amide bonds. The molecule has 0 aliphatic carbocycles. The van der Waals surface area contributed by atoms with Crippen molar-refractivity contribution < 1.29 is 14.5 Å². The number of hydrogen-bond donors (Lipinski definition) is 2. The van der Waals surface area contributed by atoms with Crippen molar-refractivity contribution >= 4 is 26.0 Å². The van der Waals surface area contributed by atoms with E-state index in [4.69, 9.17) is 4.74 Å². The Labute approximate surface area is 199 Å². The van der Waals surface area contributed by atoms with Crippen LogP contribution in [0.5, 0.6) is 0 Å². The first kappa shape index (κ1) is 25.5. The highest BCUT2D eigenvalue weighted by Crippen LogP contribution is 2.46. The van der Waals surface area contributed by atoms with E-state index in [2.05, 4.69) is 79.7 Å². The summed E-state index contributed by atoms with van der Waals surface area (Å²) >= 11 is 1.81. The van der Waals surface area contributed by atoms with Crippen LogP contribution < -0.4 is 4.67 Å². The van der Waals surface area contributed by atoms with E-state index in [0.29, 0.717) is 19.8 Å². The third-order valence-electron chi connectivity index (χ3n) is 5.99. The average Bonchev–Trinajstić information content (AvgIpc) is 2.66. The zero-order chi connectivity index (χ0) is 23.8. The van der Waals surface area contributed by atoms with Gasteiger partial charge in [0.05, 0.1) is 13.2 Å². The Balaban J connectivity index is 2.23. The standard InChI is InChI=1S/C26H38NO3PS/c1-17-13-19-9-11-30-12-10-27(31(28)29)22-14-18(2)24(16-21(22)26(6,7)8)32-23(17)15-20(19)25(3,4)5/h13-16,28-29H,9-12H2,1-8H3. The summed E-state index contributed by atoms with van der Waals surface area (Å²) in [5.74, 6) is 0.